The van der Waals surface area contributed by atoms with Gasteiger partial charge < -0.3 is 5.32 Å². The van der Waals surface area contributed by atoms with Crippen LogP contribution in [0.2, 0.25) is 0 Å². The Bertz CT molecular complexity index is 404. The second-order valence-corrected chi connectivity index (χ2v) is 6.21. The van der Waals surface area contributed by atoms with Crippen molar-refractivity contribution in [1.82, 2.24) is 5.32 Å². The van der Waals surface area contributed by atoms with E-state index in [0.717, 1.165) is 0 Å². The van der Waals surface area contributed by atoms with Gasteiger partial charge in [-0.25, -0.2) is 0 Å². The van der Waals surface area contributed by atoms with Crippen molar-refractivity contribution in [1.29, 1.82) is 0 Å². The Morgan fingerprint density at radius 1 is 1.28 bits per heavy atom. The molecule has 1 aromatic rings. The van der Waals surface area contributed by atoms with E-state index in [1.54, 1.807) is 0 Å². The highest BCUT2D eigenvalue weighted by Gasteiger charge is 2.41. The minimum Gasteiger partial charge on any atom is -0.310 e. The van der Waals surface area contributed by atoms with E-state index in [2.05, 4.69) is 51.2 Å². The lowest BCUT2D eigenvalue weighted by Crippen LogP contribution is -2.27. The van der Waals surface area contributed by atoms with Crippen LogP contribution >= 0.6 is 0 Å². The van der Waals surface area contributed by atoms with Crippen molar-refractivity contribution in [2.75, 3.05) is 6.54 Å². The maximum absolute atomic E-state index is 3.75. The molecule has 1 aliphatic carbocycles. The third-order valence-electron chi connectivity index (χ3n) is 4.41. The number of hydrogen-bond donors (Lipinski definition) is 1. The van der Waals surface area contributed by atoms with Gasteiger partial charge in [0, 0.05) is 12.6 Å². The molecule has 0 spiro atoms. The lowest BCUT2D eigenvalue weighted by Gasteiger charge is -2.21. The first-order valence-electron chi connectivity index (χ1n) is 7.37. The second-order valence-electron chi connectivity index (χ2n) is 6.21. The number of benzene rings is 1. The summed E-state index contributed by atoms with van der Waals surface area (Å²) in [7, 11) is 0. The topological polar surface area (TPSA) is 12.0 Å². The molecule has 0 heterocycles. The van der Waals surface area contributed by atoms with Crippen molar-refractivity contribution >= 4 is 0 Å². The zero-order chi connectivity index (χ0) is 13.2. The first-order chi connectivity index (χ1) is 8.56. The minimum atomic E-state index is 0.472. The maximum atomic E-state index is 3.75. The molecule has 1 fully saturated rings. The quantitative estimate of drug-likeness (QED) is 0.776. The molecule has 18 heavy (non-hydrogen) atoms. The summed E-state index contributed by atoms with van der Waals surface area (Å²) in [5.74, 6) is 0. The van der Waals surface area contributed by atoms with Crippen molar-refractivity contribution in [3.63, 3.8) is 0 Å². The van der Waals surface area contributed by atoms with Gasteiger partial charge in [0.1, 0.15) is 0 Å². The number of nitrogens with one attached hydrogen (secondary N) is 1. The fourth-order valence-corrected chi connectivity index (χ4v) is 3.01. The lowest BCUT2D eigenvalue weighted by molar-refractivity contribution is 0.397. The highest BCUT2D eigenvalue weighted by molar-refractivity contribution is 5.32. The van der Waals surface area contributed by atoms with Crippen molar-refractivity contribution < 1.29 is 0 Å². The predicted molar refractivity (Wildman–Crippen MR) is 78.9 cm³/mol. The molecule has 1 aromatic carbocycles. The average molecular weight is 245 g/mol. The summed E-state index contributed by atoms with van der Waals surface area (Å²) < 4.78 is 0. The Hall–Kier alpha value is -0.820. The van der Waals surface area contributed by atoms with Gasteiger partial charge in [0.2, 0.25) is 0 Å². The Balaban J connectivity index is 1.93. The van der Waals surface area contributed by atoms with Crippen LogP contribution in [0, 0.1) is 19.3 Å². The van der Waals surface area contributed by atoms with E-state index in [1.165, 1.54) is 48.9 Å². The fraction of sp³-hybridized carbons (Fsp3) is 0.647. The molecule has 2 rings (SSSR count). The molecule has 0 aromatic heterocycles. The molecule has 0 aliphatic heterocycles. The monoisotopic (exact) mass is 245 g/mol. The Morgan fingerprint density at radius 2 is 2.00 bits per heavy atom. The molecule has 100 valence electrons. The van der Waals surface area contributed by atoms with E-state index in [-0.39, 0.29) is 0 Å². The summed E-state index contributed by atoms with van der Waals surface area (Å²) in [5, 5.41) is 3.75. The highest BCUT2D eigenvalue weighted by Crippen LogP contribution is 2.49. The van der Waals surface area contributed by atoms with Crippen LogP contribution in [-0.2, 0) is 0 Å². The Morgan fingerprint density at radius 3 is 2.56 bits per heavy atom. The first-order valence-corrected chi connectivity index (χ1v) is 7.37. The van der Waals surface area contributed by atoms with Crippen LogP contribution in [0.25, 0.3) is 0 Å². The molecule has 1 N–H and O–H groups in total. The third kappa shape index (κ3) is 3.14. The largest absolute Gasteiger partial charge is 0.310 e. The standard InChI is InChI=1S/C17H27N/c1-5-8-17(9-10-17)12-18-15(4)16-7-6-13(2)11-14(16)3/h6-7,11,15,18H,5,8-10,12H2,1-4H3. The zero-order valence-corrected chi connectivity index (χ0v) is 12.3. The molecular formula is C17H27N. The molecule has 1 aliphatic rings. The van der Waals surface area contributed by atoms with E-state index in [1.807, 2.05) is 0 Å². The molecular weight excluding hydrogens is 218 g/mol. The van der Waals surface area contributed by atoms with E-state index in [9.17, 15) is 0 Å². The molecule has 0 radical (unpaired) electrons. The van der Waals surface area contributed by atoms with Gasteiger partial charge in [-0.15, -0.1) is 0 Å². The molecule has 1 nitrogen and oxygen atoms in total. The number of hydrogen-bond acceptors (Lipinski definition) is 1. The molecule has 0 saturated heterocycles. The van der Waals surface area contributed by atoms with Crippen molar-refractivity contribution in [2.45, 2.75) is 59.4 Å². The minimum absolute atomic E-state index is 0.472. The van der Waals surface area contributed by atoms with Crippen LogP contribution in [0.5, 0.6) is 0 Å². The van der Waals surface area contributed by atoms with Crippen LogP contribution < -0.4 is 5.32 Å². The van der Waals surface area contributed by atoms with E-state index in [4.69, 9.17) is 0 Å². The molecule has 1 unspecified atom stereocenters. The zero-order valence-electron chi connectivity index (χ0n) is 12.3. The molecule has 1 saturated carbocycles. The predicted octanol–water partition coefficient (Wildman–Crippen LogP) is 4.53. The smallest absolute Gasteiger partial charge is 0.0294 e. The van der Waals surface area contributed by atoms with Crippen LogP contribution in [-0.4, -0.2) is 6.54 Å². The van der Waals surface area contributed by atoms with Gasteiger partial charge in [-0.1, -0.05) is 37.1 Å². The lowest BCUT2D eigenvalue weighted by atomic mass is 9.97. The first kappa shape index (κ1) is 13.6. The van der Waals surface area contributed by atoms with Gasteiger partial charge in [-0.3, -0.25) is 0 Å². The summed E-state index contributed by atoms with van der Waals surface area (Å²) in [6.45, 7) is 10.2. The summed E-state index contributed by atoms with van der Waals surface area (Å²) in [4.78, 5) is 0. The van der Waals surface area contributed by atoms with Gasteiger partial charge in [0.15, 0.2) is 0 Å². The summed E-state index contributed by atoms with van der Waals surface area (Å²) in [6.07, 6.45) is 5.56. The molecule has 0 bridgehead atoms. The van der Waals surface area contributed by atoms with E-state index >= 15 is 0 Å². The average Bonchev–Trinajstić information content (AvgIpc) is 3.07. The fourth-order valence-electron chi connectivity index (χ4n) is 3.01. The summed E-state index contributed by atoms with van der Waals surface area (Å²) in [5.41, 5.74) is 4.86. The van der Waals surface area contributed by atoms with Gasteiger partial charge >= 0.3 is 0 Å². The molecule has 1 atom stereocenters. The molecule has 1 heteroatoms. The van der Waals surface area contributed by atoms with Crippen LogP contribution in [0.4, 0.5) is 0 Å². The van der Waals surface area contributed by atoms with Crippen LogP contribution in [0.3, 0.4) is 0 Å². The van der Waals surface area contributed by atoms with Gasteiger partial charge in [0.25, 0.3) is 0 Å². The van der Waals surface area contributed by atoms with E-state index < -0.39 is 0 Å². The normalized spacial score (nSPS) is 18.7. The Labute approximate surface area is 112 Å². The van der Waals surface area contributed by atoms with E-state index in [0.29, 0.717) is 11.5 Å². The van der Waals surface area contributed by atoms with Crippen LogP contribution in [0.1, 0.15) is 62.3 Å². The van der Waals surface area contributed by atoms with Gasteiger partial charge in [-0.2, -0.15) is 0 Å². The second kappa shape index (κ2) is 5.44. The number of aryl methyl sites for hydroxylation is 2. The van der Waals surface area contributed by atoms with Crippen molar-refractivity contribution in [3.8, 4) is 0 Å². The summed E-state index contributed by atoms with van der Waals surface area (Å²) >= 11 is 0. The van der Waals surface area contributed by atoms with Gasteiger partial charge in [-0.05, 0) is 56.6 Å². The van der Waals surface area contributed by atoms with Crippen molar-refractivity contribution in [3.05, 3.63) is 34.9 Å². The van der Waals surface area contributed by atoms with Crippen molar-refractivity contribution in [2.24, 2.45) is 5.41 Å². The third-order valence-corrected chi connectivity index (χ3v) is 4.41. The maximum Gasteiger partial charge on any atom is 0.0294 e. The molecule has 0 amide bonds. The Kier molecular flexibility index (Phi) is 4.11. The SMILES string of the molecule is CCCC1(CNC(C)c2ccc(C)cc2C)CC1. The number of rotatable bonds is 6. The summed E-state index contributed by atoms with van der Waals surface area (Å²) in [6, 6.07) is 7.26. The highest BCUT2D eigenvalue weighted by atomic mass is 14.9. The van der Waals surface area contributed by atoms with Gasteiger partial charge in [0.05, 0.1) is 0 Å². The van der Waals surface area contributed by atoms with Crippen LogP contribution in [0.15, 0.2) is 18.2 Å².